The molecule has 0 aromatic heterocycles. The van der Waals surface area contributed by atoms with Crippen LogP contribution in [-0.2, 0) is 20.2 Å². The van der Waals surface area contributed by atoms with Gasteiger partial charge in [0.15, 0.2) is 0 Å². The Bertz CT molecular complexity index is 1020. The molecule has 2 aromatic carbocycles. The molecule has 30 heavy (non-hydrogen) atoms. The topological polar surface area (TPSA) is 75.3 Å². The van der Waals surface area contributed by atoms with Crippen molar-refractivity contribution in [1.82, 2.24) is 5.32 Å². The van der Waals surface area contributed by atoms with Crippen LogP contribution in [0, 0.1) is 12.8 Å². The molecule has 0 radical (unpaired) electrons. The summed E-state index contributed by atoms with van der Waals surface area (Å²) in [5, 5.41) is 3.27. The fraction of sp³-hybridized carbons (Fsp3) is 0.458. The lowest BCUT2D eigenvalue weighted by atomic mass is 9.86. The molecule has 2 fully saturated rings. The maximum atomic E-state index is 13.0. The smallest absolute Gasteiger partial charge is 0.261 e. The number of hydrogen-bond donors (Lipinski definition) is 2. The van der Waals surface area contributed by atoms with Crippen LogP contribution in [0.2, 0.25) is 0 Å². The standard InChI is InChI=1S/C24H30N2O3S/c1-17-6-10-20(11-7-17)25-23(27)24(14-15-24)19-8-12-21(13-9-19)26-30(28,29)22-5-3-4-18(2)16-22/h3-5,8-9,12-13,16-17,20,26H,6-7,10-11,14-15H2,1-2H3,(H,25,27). The molecular weight excluding hydrogens is 396 g/mol. The molecule has 0 aliphatic heterocycles. The van der Waals surface area contributed by atoms with E-state index in [9.17, 15) is 13.2 Å². The van der Waals surface area contributed by atoms with Gasteiger partial charge in [-0.25, -0.2) is 8.42 Å². The molecule has 0 heterocycles. The van der Waals surface area contributed by atoms with Crippen molar-refractivity contribution in [3.63, 3.8) is 0 Å². The zero-order valence-electron chi connectivity index (χ0n) is 17.6. The molecule has 2 aliphatic carbocycles. The van der Waals surface area contributed by atoms with Gasteiger partial charge in [0, 0.05) is 11.7 Å². The van der Waals surface area contributed by atoms with E-state index in [0.717, 1.165) is 42.7 Å². The molecule has 2 N–H and O–H groups in total. The first-order chi connectivity index (χ1) is 14.3. The van der Waals surface area contributed by atoms with Crippen LogP contribution in [0.4, 0.5) is 5.69 Å². The minimum atomic E-state index is -3.64. The molecular formula is C24H30N2O3S. The summed E-state index contributed by atoms with van der Waals surface area (Å²) < 4.78 is 27.9. The lowest BCUT2D eigenvalue weighted by Crippen LogP contribution is -2.43. The van der Waals surface area contributed by atoms with Gasteiger partial charge in [0.2, 0.25) is 5.91 Å². The van der Waals surface area contributed by atoms with Crippen LogP contribution in [0.1, 0.15) is 56.6 Å². The minimum Gasteiger partial charge on any atom is -0.353 e. The van der Waals surface area contributed by atoms with Crippen LogP contribution in [0.5, 0.6) is 0 Å². The number of nitrogens with one attached hydrogen (secondary N) is 2. The van der Waals surface area contributed by atoms with Crippen molar-refractivity contribution < 1.29 is 13.2 Å². The number of anilines is 1. The summed E-state index contributed by atoms with van der Waals surface area (Å²) in [5.41, 5.74) is 1.90. The minimum absolute atomic E-state index is 0.121. The van der Waals surface area contributed by atoms with E-state index in [0.29, 0.717) is 5.69 Å². The van der Waals surface area contributed by atoms with E-state index in [1.165, 1.54) is 12.8 Å². The predicted octanol–water partition coefficient (Wildman–Crippen LogP) is 4.52. The SMILES string of the molecule is Cc1cccc(S(=O)(=O)Nc2ccc(C3(C(=O)NC4CCC(C)CC4)CC3)cc2)c1. The Morgan fingerprint density at radius 2 is 1.67 bits per heavy atom. The second-order valence-electron chi connectivity index (χ2n) is 9.01. The Hall–Kier alpha value is -2.34. The second kappa shape index (κ2) is 8.06. The van der Waals surface area contributed by atoms with Crippen molar-refractivity contribution >= 4 is 21.6 Å². The maximum Gasteiger partial charge on any atom is 0.261 e. The third kappa shape index (κ3) is 4.38. The molecule has 5 nitrogen and oxygen atoms in total. The molecule has 1 amide bonds. The summed E-state index contributed by atoms with van der Waals surface area (Å²) in [6.07, 6.45) is 6.15. The molecule has 2 aromatic rings. The van der Waals surface area contributed by atoms with E-state index in [1.807, 2.05) is 25.1 Å². The molecule has 0 spiro atoms. The molecule has 2 saturated carbocycles. The van der Waals surface area contributed by atoms with Crippen molar-refractivity contribution in [2.45, 2.75) is 68.7 Å². The van der Waals surface area contributed by atoms with Gasteiger partial charge in [0.05, 0.1) is 10.3 Å². The highest BCUT2D eigenvalue weighted by Crippen LogP contribution is 2.49. The Balaban J connectivity index is 1.43. The predicted molar refractivity (Wildman–Crippen MR) is 119 cm³/mol. The Kier molecular flexibility index (Phi) is 5.62. The molecule has 0 saturated heterocycles. The van der Waals surface area contributed by atoms with Gasteiger partial charge in [-0.2, -0.15) is 0 Å². The summed E-state index contributed by atoms with van der Waals surface area (Å²) in [4.78, 5) is 13.2. The molecule has 0 atom stereocenters. The number of aryl methyl sites for hydroxylation is 1. The average molecular weight is 427 g/mol. The highest BCUT2D eigenvalue weighted by molar-refractivity contribution is 7.92. The lowest BCUT2D eigenvalue weighted by Gasteiger charge is -2.28. The maximum absolute atomic E-state index is 13.0. The largest absolute Gasteiger partial charge is 0.353 e. The number of hydrogen-bond acceptors (Lipinski definition) is 3. The Morgan fingerprint density at radius 3 is 2.27 bits per heavy atom. The Labute approximate surface area is 179 Å². The number of sulfonamides is 1. The molecule has 2 aliphatic rings. The molecule has 6 heteroatoms. The van der Waals surface area contributed by atoms with Gasteiger partial charge in [-0.15, -0.1) is 0 Å². The monoisotopic (exact) mass is 426 g/mol. The Morgan fingerprint density at radius 1 is 1.00 bits per heavy atom. The van der Waals surface area contributed by atoms with Crippen LogP contribution in [0.3, 0.4) is 0 Å². The first-order valence-corrected chi connectivity index (χ1v) is 12.3. The highest BCUT2D eigenvalue weighted by atomic mass is 32.2. The van der Waals surface area contributed by atoms with Crippen LogP contribution < -0.4 is 10.0 Å². The fourth-order valence-electron chi connectivity index (χ4n) is 4.35. The van der Waals surface area contributed by atoms with Gasteiger partial charge in [-0.1, -0.05) is 31.2 Å². The van der Waals surface area contributed by atoms with E-state index in [-0.39, 0.29) is 16.8 Å². The number of carbonyl (C=O) groups excluding carboxylic acids is 1. The number of rotatable bonds is 6. The average Bonchev–Trinajstić information content (AvgIpc) is 3.52. The lowest BCUT2D eigenvalue weighted by molar-refractivity contribution is -0.124. The highest BCUT2D eigenvalue weighted by Gasteiger charge is 2.51. The molecule has 0 unspecified atom stereocenters. The molecule has 0 bridgehead atoms. The van der Waals surface area contributed by atoms with Gasteiger partial charge >= 0.3 is 0 Å². The first-order valence-electron chi connectivity index (χ1n) is 10.8. The number of benzene rings is 2. The van der Waals surface area contributed by atoms with Crippen LogP contribution >= 0.6 is 0 Å². The zero-order chi connectivity index (χ0) is 21.4. The summed E-state index contributed by atoms with van der Waals surface area (Å²) >= 11 is 0. The van der Waals surface area contributed by atoms with Crippen molar-refractivity contribution in [3.05, 3.63) is 59.7 Å². The van der Waals surface area contributed by atoms with Crippen molar-refractivity contribution in [1.29, 1.82) is 0 Å². The summed E-state index contributed by atoms with van der Waals surface area (Å²) in [6.45, 7) is 4.14. The van der Waals surface area contributed by atoms with E-state index in [1.54, 1.807) is 30.3 Å². The van der Waals surface area contributed by atoms with Crippen molar-refractivity contribution in [2.75, 3.05) is 4.72 Å². The third-order valence-corrected chi connectivity index (χ3v) is 7.90. The first kappa shape index (κ1) is 20.9. The van der Waals surface area contributed by atoms with E-state index < -0.39 is 15.4 Å². The van der Waals surface area contributed by atoms with E-state index >= 15 is 0 Å². The normalized spacial score (nSPS) is 22.9. The van der Waals surface area contributed by atoms with Gasteiger partial charge in [-0.05, 0) is 86.8 Å². The molecule has 4 rings (SSSR count). The van der Waals surface area contributed by atoms with Crippen molar-refractivity contribution in [2.24, 2.45) is 5.92 Å². The van der Waals surface area contributed by atoms with Crippen molar-refractivity contribution in [3.8, 4) is 0 Å². The van der Waals surface area contributed by atoms with E-state index in [4.69, 9.17) is 0 Å². The summed E-state index contributed by atoms with van der Waals surface area (Å²) in [7, 11) is -3.64. The quantitative estimate of drug-likeness (QED) is 0.713. The third-order valence-electron chi connectivity index (χ3n) is 6.53. The van der Waals surface area contributed by atoms with E-state index in [2.05, 4.69) is 17.0 Å². The van der Waals surface area contributed by atoms with Gasteiger partial charge in [-0.3, -0.25) is 9.52 Å². The second-order valence-corrected chi connectivity index (χ2v) is 10.7. The van der Waals surface area contributed by atoms with Gasteiger partial charge < -0.3 is 5.32 Å². The summed E-state index contributed by atoms with van der Waals surface area (Å²) in [6, 6.07) is 14.4. The number of carbonyl (C=O) groups is 1. The van der Waals surface area contributed by atoms with Gasteiger partial charge in [0.25, 0.3) is 10.0 Å². The fourth-order valence-corrected chi connectivity index (χ4v) is 5.52. The van der Waals surface area contributed by atoms with Crippen LogP contribution in [-0.4, -0.2) is 20.4 Å². The summed E-state index contributed by atoms with van der Waals surface area (Å²) in [5.74, 6) is 0.874. The number of amides is 1. The zero-order valence-corrected chi connectivity index (χ0v) is 18.5. The van der Waals surface area contributed by atoms with Crippen LogP contribution in [0.25, 0.3) is 0 Å². The van der Waals surface area contributed by atoms with Gasteiger partial charge in [0.1, 0.15) is 0 Å². The van der Waals surface area contributed by atoms with Crippen LogP contribution in [0.15, 0.2) is 53.4 Å². The molecule has 160 valence electrons.